The highest BCUT2D eigenvalue weighted by Gasteiger charge is 1.96. The Labute approximate surface area is 90.1 Å². The number of phenols is 1. The van der Waals surface area contributed by atoms with Crippen molar-refractivity contribution in [3.63, 3.8) is 0 Å². The minimum absolute atomic E-state index is 0.0979. The predicted octanol–water partition coefficient (Wildman–Crippen LogP) is 1.85. The van der Waals surface area contributed by atoms with E-state index >= 15 is 0 Å². The lowest BCUT2D eigenvalue weighted by Gasteiger charge is -2.03. The number of phenolic OH excluding ortho intramolecular Hbond substituents is 1. The Bertz CT molecular complexity index is 306. The van der Waals surface area contributed by atoms with E-state index in [0.717, 1.165) is 12.8 Å². The van der Waals surface area contributed by atoms with Crippen molar-refractivity contribution >= 4 is 5.91 Å². The van der Waals surface area contributed by atoms with Crippen LogP contribution in [0.15, 0.2) is 24.3 Å². The molecule has 0 fully saturated rings. The normalized spacial score (nSPS) is 9.93. The SMILES string of the molecule is CCC(=O)NCCCc1ccc(O)cc1. The number of hydrogen-bond donors (Lipinski definition) is 2. The first-order valence-corrected chi connectivity index (χ1v) is 5.27. The van der Waals surface area contributed by atoms with E-state index in [0.29, 0.717) is 13.0 Å². The van der Waals surface area contributed by atoms with Gasteiger partial charge in [-0.1, -0.05) is 19.1 Å². The summed E-state index contributed by atoms with van der Waals surface area (Å²) in [4.78, 5) is 10.9. The Morgan fingerprint density at radius 3 is 2.60 bits per heavy atom. The van der Waals surface area contributed by atoms with Crippen LogP contribution in [0.2, 0.25) is 0 Å². The van der Waals surface area contributed by atoms with Gasteiger partial charge in [0.2, 0.25) is 5.91 Å². The van der Waals surface area contributed by atoms with Crippen LogP contribution in [0.4, 0.5) is 0 Å². The van der Waals surface area contributed by atoms with E-state index in [1.54, 1.807) is 12.1 Å². The molecule has 0 unspecified atom stereocenters. The largest absolute Gasteiger partial charge is 0.508 e. The van der Waals surface area contributed by atoms with Crippen molar-refractivity contribution < 1.29 is 9.90 Å². The Balaban J connectivity index is 2.20. The molecule has 3 nitrogen and oxygen atoms in total. The van der Waals surface area contributed by atoms with Gasteiger partial charge in [0.15, 0.2) is 0 Å². The summed E-state index contributed by atoms with van der Waals surface area (Å²) < 4.78 is 0. The molecular weight excluding hydrogens is 190 g/mol. The van der Waals surface area contributed by atoms with E-state index in [2.05, 4.69) is 5.32 Å². The summed E-state index contributed by atoms with van der Waals surface area (Å²) in [5, 5.41) is 11.9. The zero-order valence-corrected chi connectivity index (χ0v) is 8.99. The number of hydrogen-bond acceptors (Lipinski definition) is 2. The fraction of sp³-hybridized carbons (Fsp3) is 0.417. The quantitative estimate of drug-likeness (QED) is 0.724. The maximum Gasteiger partial charge on any atom is 0.219 e. The zero-order chi connectivity index (χ0) is 11.1. The lowest BCUT2D eigenvalue weighted by molar-refractivity contribution is -0.120. The van der Waals surface area contributed by atoms with Crippen LogP contribution >= 0.6 is 0 Å². The lowest BCUT2D eigenvalue weighted by atomic mass is 10.1. The molecule has 15 heavy (non-hydrogen) atoms. The Morgan fingerprint density at radius 2 is 2.00 bits per heavy atom. The topological polar surface area (TPSA) is 49.3 Å². The summed E-state index contributed by atoms with van der Waals surface area (Å²) in [6.07, 6.45) is 2.39. The van der Waals surface area contributed by atoms with Crippen molar-refractivity contribution in [2.75, 3.05) is 6.54 Å². The molecule has 1 amide bonds. The van der Waals surface area contributed by atoms with E-state index in [1.807, 2.05) is 19.1 Å². The van der Waals surface area contributed by atoms with Crippen LogP contribution in [-0.2, 0) is 11.2 Å². The molecule has 0 heterocycles. The van der Waals surface area contributed by atoms with Gasteiger partial charge in [-0.3, -0.25) is 4.79 Å². The molecule has 3 heteroatoms. The summed E-state index contributed by atoms with van der Waals surface area (Å²) in [5.41, 5.74) is 1.18. The third kappa shape index (κ3) is 4.49. The molecule has 0 saturated carbocycles. The van der Waals surface area contributed by atoms with Crippen LogP contribution in [0.25, 0.3) is 0 Å². The first-order valence-electron chi connectivity index (χ1n) is 5.27. The van der Waals surface area contributed by atoms with E-state index in [-0.39, 0.29) is 11.7 Å². The van der Waals surface area contributed by atoms with Crippen LogP contribution < -0.4 is 5.32 Å². The fourth-order valence-electron chi connectivity index (χ4n) is 1.31. The first kappa shape index (κ1) is 11.6. The molecule has 0 aromatic heterocycles. The summed E-state index contributed by atoms with van der Waals surface area (Å²) in [6, 6.07) is 7.16. The van der Waals surface area contributed by atoms with Crippen LogP contribution in [0, 0.1) is 0 Å². The third-order valence-electron chi connectivity index (χ3n) is 2.22. The number of aryl methyl sites for hydroxylation is 1. The van der Waals surface area contributed by atoms with E-state index in [4.69, 9.17) is 5.11 Å². The van der Waals surface area contributed by atoms with Gasteiger partial charge in [0, 0.05) is 13.0 Å². The van der Waals surface area contributed by atoms with E-state index in [9.17, 15) is 4.79 Å². The van der Waals surface area contributed by atoms with Gasteiger partial charge in [-0.2, -0.15) is 0 Å². The van der Waals surface area contributed by atoms with Crippen molar-refractivity contribution in [1.29, 1.82) is 0 Å². The maximum atomic E-state index is 10.9. The van der Waals surface area contributed by atoms with Gasteiger partial charge in [0.1, 0.15) is 5.75 Å². The molecule has 0 radical (unpaired) electrons. The van der Waals surface area contributed by atoms with Crippen molar-refractivity contribution in [2.45, 2.75) is 26.2 Å². The monoisotopic (exact) mass is 207 g/mol. The average molecular weight is 207 g/mol. The van der Waals surface area contributed by atoms with Crippen molar-refractivity contribution in [1.82, 2.24) is 5.32 Å². The summed E-state index contributed by atoms with van der Waals surface area (Å²) in [7, 11) is 0. The lowest BCUT2D eigenvalue weighted by Crippen LogP contribution is -2.23. The first-order chi connectivity index (χ1) is 7.22. The molecule has 1 rings (SSSR count). The smallest absolute Gasteiger partial charge is 0.219 e. The predicted molar refractivity (Wildman–Crippen MR) is 59.7 cm³/mol. The third-order valence-corrected chi connectivity index (χ3v) is 2.22. The maximum absolute atomic E-state index is 10.9. The van der Waals surface area contributed by atoms with Gasteiger partial charge in [0.25, 0.3) is 0 Å². The zero-order valence-electron chi connectivity index (χ0n) is 8.99. The number of benzene rings is 1. The number of carbonyl (C=O) groups excluding carboxylic acids is 1. The van der Waals surface area contributed by atoms with Crippen LogP contribution in [0.1, 0.15) is 25.3 Å². The van der Waals surface area contributed by atoms with Gasteiger partial charge < -0.3 is 10.4 Å². The molecule has 0 saturated heterocycles. The molecule has 0 aliphatic rings. The Hall–Kier alpha value is -1.51. The van der Waals surface area contributed by atoms with Crippen molar-refractivity contribution in [2.24, 2.45) is 0 Å². The van der Waals surface area contributed by atoms with E-state index in [1.165, 1.54) is 5.56 Å². The molecule has 0 atom stereocenters. The van der Waals surface area contributed by atoms with Crippen LogP contribution in [-0.4, -0.2) is 17.6 Å². The Kier molecular flexibility index (Phi) is 4.68. The van der Waals surface area contributed by atoms with Crippen molar-refractivity contribution in [3.05, 3.63) is 29.8 Å². The summed E-state index contributed by atoms with van der Waals surface area (Å²) >= 11 is 0. The van der Waals surface area contributed by atoms with Crippen LogP contribution in [0.5, 0.6) is 5.75 Å². The molecular formula is C12H17NO2. The highest BCUT2D eigenvalue weighted by molar-refractivity contribution is 5.75. The van der Waals surface area contributed by atoms with Crippen molar-refractivity contribution in [3.8, 4) is 5.75 Å². The number of nitrogens with one attached hydrogen (secondary N) is 1. The number of amides is 1. The molecule has 0 spiro atoms. The molecule has 82 valence electrons. The second-order valence-corrected chi connectivity index (χ2v) is 3.47. The summed E-state index contributed by atoms with van der Waals surface area (Å²) in [6.45, 7) is 2.56. The minimum Gasteiger partial charge on any atom is -0.508 e. The molecule has 0 aliphatic carbocycles. The molecule has 0 bridgehead atoms. The van der Waals surface area contributed by atoms with Gasteiger partial charge in [-0.05, 0) is 30.5 Å². The fourth-order valence-corrected chi connectivity index (χ4v) is 1.31. The molecule has 1 aromatic carbocycles. The minimum atomic E-state index is 0.0979. The highest BCUT2D eigenvalue weighted by atomic mass is 16.3. The van der Waals surface area contributed by atoms with Crippen LogP contribution in [0.3, 0.4) is 0 Å². The molecule has 2 N–H and O–H groups in total. The molecule has 1 aromatic rings. The average Bonchev–Trinajstić information content (AvgIpc) is 2.26. The summed E-state index contributed by atoms with van der Waals surface area (Å²) in [5.74, 6) is 0.388. The number of aromatic hydroxyl groups is 1. The van der Waals surface area contributed by atoms with Gasteiger partial charge in [0.05, 0.1) is 0 Å². The Morgan fingerprint density at radius 1 is 1.33 bits per heavy atom. The van der Waals surface area contributed by atoms with Gasteiger partial charge in [-0.25, -0.2) is 0 Å². The number of carbonyl (C=O) groups is 1. The molecule has 0 aliphatic heterocycles. The van der Waals surface area contributed by atoms with Gasteiger partial charge in [-0.15, -0.1) is 0 Å². The second-order valence-electron chi connectivity index (χ2n) is 3.47. The highest BCUT2D eigenvalue weighted by Crippen LogP contribution is 2.10. The standard InChI is InChI=1S/C12H17NO2/c1-2-12(15)13-9-3-4-10-5-7-11(14)8-6-10/h5-8,14H,2-4,9H2,1H3,(H,13,15). The van der Waals surface area contributed by atoms with E-state index < -0.39 is 0 Å². The number of rotatable bonds is 5. The van der Waals surface area contributed by atoms with Gasteiger partial charge >= 0.3 is 0 Å². The second kappa shape index (κ2) is 6.06.